The van der Waals surface area contributed by atoms with E-state index in [1.807, 2.05) is 37.4 Å². The zero-order valence-electron chi connectivity index (χ0n) is 11.5. The first-order valence-electron chi connectivity index (χ1n) is 6.96. The summed E-state index contributed by atoms with van der Waals surface area (Å²) in [6.07, 6.45) is 4.32. The average Bonchev–Trinajstić information content (AvgIpc) is 2.40. The Morgan fingerprint density at radius 2 is 1.89 bits per heavy atom. The number of hydrogen-bond acceptors (Lipinski definition) is 3. The lowest BCUT2D eigenvalue weighted by Gasteiger charge is -2.33. The van der Waals surface area contributed by atoms with Crippen LogP contribution in [-0.4, -0.2) is 36.5 Å². The van der Waals surface area contributed by atoms with E-state index in [2.05, 4.69) is 10.2 Å². The normalized spacial score (nSPS) is 23.3. The molecule has 0 atom stereocenters. The number of nitrogens with zero attached hydrogens (tertiary/aromatic N) is 1. The second-order valence-electron chi connectivity index (χ2n) is 5.40. The van der Waals surface area contributed by atoms with Crippen molar-refractivity contribution in [2.75, 3.05) is 18.9 Å². The van der Waals surface area contributed by atoms with Gasteiger partial charge in [0.2, 0.25) is 5.91 Å². The van der Waals surface area contributed by atoms with Gasteiger partial charge in [-0.2, -0.15) is 0 Å². The van der Waals surface area contributed by atoms with Crippen molar-refractivity contribution < 1.29 is 4.79 Å². The Balaban J connectivity index is 1.78. The fourth-order valence-electron chi connectivity index (χ4n) is 2.62. The molecule has 3 N–H and O–H groups in total. The molecule has 19 heavy (non-hydrogen) atoms. The second-order valence-corrected chi connectivity index (χ2v) is 5.40. The topological polar surface area (TPSA) is 58.4 Å². The van der Waals surface area contributed by atoms with Gasteiger partial charge in [-0.05, 0) is 44.9 Å². The van der Waals surface area contributed by atoms with Gasteiger partial charge in [-0.25, -0.2) is 0 Å². The number of hydrogen-bond donors (Lipinski definition) is 2. The third kappa shape index (κ3) is 4.33. The molecule has 1 fully saturated rings. The highest BCUT2D eigenvalue weighted by atomic mass is 16.2. The van der Waals surface area contributed by atoms with Crippen LogP contribution in [0.2, 0.25) is 0 Å². The van der Waals surface area contributed by atoms with E-state index in [0.29, 0.717) is 18.6 Å². The Bertz CT molecular complexity index is 399. The van der Waals surface area contributed by atoms with Crippen LogP contribution in [0.1, 0.15) is 25.7 Å². The van der Waals surface area contributed by atoms with E-state index in [1.165, 1.54) is 0 Å². The van der Waals surface area contributed by atoms with Crippen molar-refractivity contribution in [2.45, 2.75) is 37.8 Å². The molecule has 0 aliphatic heterocycles. The molecule has 0 radical (unpaired) electrons. The fourth-order valence-corrected chi connectivity index (χ4v) is 2.62. The highest BCUT2D eigenvalue weighted by Gasteiger charge is 2.23. The van der Waals surface area contributed by atoms with Crippen molar-refractivity contribution in [2.24, 2.45) is 5.73 Å². The number of rotatable bonds is 4. The summed E-state index contributed by atoms with van der Waals surface area (Å²) in [5.74, 6) is 0.0450. The fraction of sp³-hybridized carbons (Fsp3) is 0.533. The minimum atomic E-state index is 0.0450. The lowest BCUT2D eigenvalue weighted by atomic mass is 9.91. The van der Waals surface area contributed by atoms with Gasteiger partial charge < -0.3 is 11.1 Å². The van der Waals surface area contributed by atoms with E-state index in [9.17, 15) is 4.79 Å². The highest BCUT2D eigenvalue weighted by Crippen LogP contribution is 2.21. The molecule has 0 heterocycles. The molecule has 1 aliphatic rings. The molecule has 0 saturated heterocycles. The highest BCUT2D eigenvalue weighted by molar-refractivity contribution is 5.92. The lowest BCUT2D eigenvalue weighted by Crippen LogP contribution is -2.42. The third-order valence-corrected chi connectivity index (χ3v) is 3.82. The summed E-state index contributed by atoms with van der Waals surface area (Å²) < 4.78 is 0. The van der Waals surface area contributed by atoms with Gasteiger partial charge in [0.1, 0.15) is 0 Å². The largest absolute Gasteiger partial charge is 0.328 e. The molecule has 2 rings (SSSR count). The zero-order valence-corrected chi connectivity index (χ0v) is 11.5. The molecule has 1 aromatic carbocycles. The number of anilines is 1. The Hall–Kier alpha value is -1.39. The minimum Gasteiger partial charge on any atom is -0.328 e. The van der Waals surface area contributed by atoms with Gasteiger partial charge in [-0.15, -0.1) is 0 Å². The molecular weight excluding hydrogens is 238 g/mol. The first-order valence-corrected chi connectivity index (χ1v) is 6.96. The Labute approximate surface area is 115 Å². The second kappa shape index (κ2) is 6.68. The maximum absolute atomic E-state index is 12.0. The van der Waals surface area contributed by atoms with E-state index in [4.69, 9.17) is 5.73 Å². The van der Waals surface area contributed by atoms with E-state index in [0.717, 1.165) is 31.4 Å². The van der Waals surface area contributed by atoms with Crippen LogP contribution in [0.5, 0.6) is 0 Å². The van der Waals surface area contributed by atoms with Crippen LogP contribution in [0.25, 0.3) is 0 Å². The molecule has 1 saturated carbocycles. The van der Waals surface area contributed by atoms with Crippen molar-refractivity contribution in [3.63, 3.8) is 0 Å². The number of likely N-dealkylation sites (N-methyl/N-ethyl adjacent to an activating group) is 1. The number of benzene rings is 1. The SMILES string of the molecule is CN(CC(=O)Nc1ccccc1)C1CCC(N)CC1. The van der Waals surface area contributed by atoms with E-state index in [1.54, 1.807) is 0 Å². The number of carbonyl (C=O) groups is 1. The standard InChI is InChI=1S/C15H23N3O/c1-18(14-9-7-12(16)8-10-14)11-15(19)17-13-5-3-2-4-6-13/h2-6,12,14H,7-11,16H2,1H3,(H,17,19). The summed E-state index contributed by atoms with van der Waals surface area (Å²) in [5, 5.41) is 2.92. The minimum absolute atomic E-state index is 0.0450. The Kier molecular flexibility index (Phi) is 4.93. The Morgan fingerprint density at radius 1 is 1.26 bits per heavy atom. The average molecular weight is 261 g/mol. The van der Waals surface area contributed by atoms with Crippen LogP contribution in [0.3, 0.4) is 0 Å². The van der Waals surface area contributed by atoms with Crippen LogP contribution in [0.15, 0.2) is 30.3 Å². The van der Waals surface area contributed by atoms with Crippen LogP contribution in [0, 0.1) is 0 Å². The molecule has 4 heteroatoms. The predicted octanol–water partition coefficient (Wildman–Crippen LogP) is 1.83. The van der Waals surface area contributed by atoms with Gasteiger partial charge in [0, 0.05) is 17.8 Å². The molecule has 0 aromatic heterocycles. The Morgan fingerprint density at radius 3 is 2.53 bits per heavy atom. The first kappa shape index (κ1) is 14.0. The molecule has 1 aromatic rings. The summed E-state index contributed by atoms with van der Waals surface area (Å²) in [5.41, 5.74) is 6.76. The predicted molar refractivity (Wildman–Crippen MR) is 77.9 cm³/mol. The van der Waals surface area contributed by atoms with Gasteiger partial charge in [-0.3, -0.25) is 9.69 Å². The summed E-state index contributed by atoms with van der Waals surface area (Å²) in [6.45, 7) is 0.439. The number of amides is 1. The van der Waals surface area contributed by atoms with Crippen LogP contribution >= 0.6 is 0 Å². The summed E-state index contributed by atoms with van der Waals surface area (Å²) >= 11 is 0. The molecule has 1 amide bonds. The third-order valence-electron chi connectivity index (χ3n) is 3.82. The maximum Gasteiger partial charge on any atom is 0.238 e. The summed E-state index contributed by atoms with van der Waals surface area (Å²) in [7, 11) is 2.02. The maximum atomic E-state index is 12.0. The van der Waals surface area contributed by atoms with Gasteiger partial charge in [0.15, 0.2) is 0 Å². The number of para-hydroxylation sites is 1. The van der Waals surface area contributed by atoms with Crippen LogP contribution in [0.4, 0.5) is 5.69 Å². The van der Waals surface area contributed by atoms with Gasteiger partial charge >= 0.3 is 0 Å². The molecule has 0 bridgehead atoms. The van der Waals surface area contributed by atoms with Crippen LogP contribution in [-0.2, 0) is 4.79 Å². The van der Waals surface area contributed by atoms with Gasteiger partial charge in [0.05, 0.1) is 6.54 Å². The van der Waals surface area contributed by atoms with Gasteiger partial charge in [0.25, 0.3) is 0 Å². The van der Waals surface area contributed by atoms with E-state index >= 15 is 0 Å². The van der Waals surface area contributed by atoms with E-state index < -0.39 is 0 Å². The van der Waals surface area contributed by atoms with Crippen LogP contribution < -0.4 is 11.1 Å². The first-order chi connectivity index (χ1) is 9.15. The molecular formula is C15H23N3O. The summed E-state index contributed by atoms with van der Waals surface area (Å²) in [4.78, 5) is 14.1. The zero-order chi connectivity index (χ0) is 13.7. The monoisotopic (exact) mass is 261 g/mol. The van der Waals surface area contributed by atoms with Gasteiger partial charge in [-0.1, -0.05) is 18.2 Å². The van der Waals surface area contributed by atoms with Crippen molar-refractivity contribution in [1.29, 1.82) is 0 Å². The quantitative estimate of drug-likeness (QED) is 0.869. The number of nitrogens with two attached hydrogens (primary N) is 1. The van der Waals surface area contributed by atoms with Crippen molar-refractivity contribution in [1.82, 2.24) is 4.90 Å². The van der Waals surface area contributed by atoms with E-state index in [-0.39, 0.29) is 5.91 Å². The van der Waals surface area contributed by atoms with Crippen molar-refractivity contribution in [3.05, 3.63) is 30.3 Å². The molecule has 0 spiro atoms. The molecule has 0 unspecified atom stereocenters. The molecule has 104 valence electrons. The number of carbonyl (C=O) groups excluding carboxylic acids is 1. The molecule has 4 nitrogen and oxygen atoms in total. The van der Waals surface area contributed by atoms with Crippen molar-refractivity contribution in [3.8, 4) is 0 Å². The smallest absolute Gasteiger partial charge is 0.238 e. The molecule has 1 aliphatic carbocycles. The summed E-state index contributed by atoms with van der Waals surface area (Å²) in [6, 6.07) is 10.4. The lowest BCUT2D eigenvalue weighted by molar-refractivity contribution is -0.117. The number of nitrogens with one attached hydrogen (secondary N) is 1. The van der Waals surface area contributed by atoms with Crippen molar-refractivity contribution >= 4 is 11.6 Å².